The lowest BCUT2D eigenvalue weighted by Gasteiger charge is -2.08. The Morgan fingerprint density at radius 2 is 1.92 bits per heavy atom. The number of halogens is 1. The molecule has 0 saturated heterocycles. The van der Waals surface area contributed by atoms with Crippen LogP contribution in [0.3, 0.4) is 0 Å². The van der Waals surface area contributed by atoms with Gasteiger partial charge < -0.3 is 15.1 Å². The van der Waals surface area contributed by atoms with Crippen molar-refractivity contribution in [2.75, 3.05) is 13.1 Å². The average molecular weight is 393 g/mol. The molecule has 0 saturated carbocycles. The van der Waals surface area contributed by atoms with Gasteiger partial charge in [0.1, 0.15) is 0 Å². The second kappa shape index (κ2) is 8.68. The number of aryl methyl sites for hydroxylation is 3. The zero-order valence-electron chi connectivity index (χ0n) is 13.8. The zero-order valence-corrected chi connectivity index (χ0v) is 15.4. The van der Waals surface area contributed by atoms with Crippen LogP contribution in [0.2, 0.25) is 0 Å². The van der Waals surface area contributed by atoms with Crippen LogP contribution in [-0.2, 0) is 11.2 Å². The molecule has 0 aliphatic carbocycles. The molecule has 0 fully saturated rings. The van der Waals surface area contributed by atoms with Crippen molar-refractivity contribution in [2.24, 2.45) is 0 Å². The van der Waals surface area contributed by atoms with E-state index in [9.17, 15) is 9.59 Å². The molecule has 0 aliphatic heterocycles. The molecular formula is C18H21BrN2O3. The smallest absolute Gasteiger partial charge is 0.287 e. The minimum absolute atomic E-state index is 0.0687. The fourth-order valence-corrected chi connectivity index (χ4v) is 2.69. The maximum absolute atomic E-state index is 11.7. The van der Waals surface area contributed by atoms with Crippen molar-refractivity contribution in [2.45, 2.75) is 26.7 Å². The summed E-state index contributed by atoms with van der Waals surface area (Å²) in [7, 11) is 0. The molecule has 1 aromatic carbocycles. The van der Waals surface area contributed by atoms with Gasteiger partial charge in [0, 0.05) is 6.54 Å². The zero-order chi connectivity index (χ0) is 17.5. The first-order valence-electron chi connectivity index (χ1n) is 7.82. The molecule has 0 atom stereocenters. The Kier molecular flexibility index (Phi) is 6.61. The minimum Gasteiger partial charge on any atom is -0.444 e. The molecule has 1 aromatic heterocycles. The van der Waals surface area contributed by atoms with E-state index in [1.807, 2.05) is 0 Å². The maximum atomic E-state index is 11.7. The van der Waals surface area contributed by atoms with Gasteiger partial charge in [0.15, 0.2) is 10.4 Å². The molecule has 2 N–H and O–H groups in total. The molecule has 5 nitrogen and oxygen atoms in total. The summed E-state index contributed by atoms with van der Waals surface area (Å²) in [6.45, 7) is 4.69. The second-order valence-corrected chi connectivity index (χ2v) is 6.45. The summed E-state index contributed by atoms with van der Waals surface area (Å²) in [4.78, 5) is 23.5. The molecule has 0 radical (unpaired) electrons. The van der Waals surface area contributed by atoms with Gasteiger partial charge >= 0.3 is 0 Å². The van der Waals surface area contributed by atoms with E-state index in [-0.39, 0.29) is 18.2 Å². The predicted octanol–water partition coefficient (Wildman–Crippen LogP) is 3.14. The highest BCUT2D eigenvalue weighted by atomic mass is 79.9. The van der Waals surface area contributed by atoms with E-state index in [4.69, 9.17) is 4.42 Å². The number of benzene rings is 1. The summed E-state index contributed by atoms with van der Waals surface area (Å²) in [5, 5.41) is 5.32. The molecule has 0 unspecified atom stereocenters. The van der Waals surface area contributed by atoms with Crippen molar-refractivity contribution in [1.29, 1.82) is 0 Å². The summed E-state index contributed by atoms with van der Waals surface area (Å²) in [5.74, 6) is -0.453. The van der Waals surface area contributed by atoms with Crippen LogP contribution in [0.4, 0.5) is 0 Å². The van der Waals surface area contributed by atoms with Crippen molar-refractivity contribution in [3.8, 4) is 0 Å². The SMILES string of the molecule is Cc1ccc(CCCNC(=O)CNC(=O)c2ccc(Br)o2)c(C)c1. The summed E-state index contributed by atoms with van der Waals surface area (Å²) < 4.78 is 5.59. The number of rotatable bonds is 7. The Morgan fingerprint density at radius 1 is 1.12 bits per heavy atom. The van der Waals surface area contributed by atoms with Gasteiger partial charge in [0.25, 0.3) is 5.91 Å². The van der Waals surface area contributed by atoms with Crippen LogP contribution in [0.25, 0.3) is 0 Å². The molecule has 0 bridgehead atoms. The van der Waals surface area contributed by atoms with Crippen molar-refractivity contribution in [1.82, 2.24) is 10.6 Å². The van der Waals surface area contributed by atoms with Gasteiger partial charge in [-0.3, -0.25) is 9.59 Å². The molecule has 2 rings (SSSR count). The van der Waals surface area contributed by atoms with E-state index in [0.29, 0.717) is 11.2 Å². The average Bonchev–Trinajstić information content (AvgIpc) is 2.97. The van der Waals surface area contributed by atoms with Crippen LogP contribution < -0.4 is 10.6 Å². The summed E-state index contributed by atoms with van der Waals surface area (Å²) in [5.41, 5.74) is 3.83. The summed E-state index contributed by atoms with van der Waals surface area (Å²) in [6, 6.07) is 9.57. The molecule has 1 heterocycles. The Morgan fingerprint density at radius 3 is 2.58 bits per heavy atom. The molecule has 0 spiro atoms. The number of nitrogens with one attached hydrogen (secondary N) is 2. The lowest BCUT2D eigenvalue weighted by Crippen LogP contribution is -2.37. The van der Waals surface area contributed by atoms with E-state index in [0.717, 1.165) is 12.8 Å². The molecular weight excluding hydrogens is 372 g/mol. The van der Waals surface area contributed by atoms with Gasteiger partial charge in [-0.1, -0.05) is 23.8 Å². The Balaban J connectivity index is 1.65. The lowest BCUT2D eigenvalue weighted by molar-refractivity contribution is -0.120. The van der Waals surface area contributed by atoms with Gasteiger partial charge in [-0.15, -0.1) is 0 Å². The Hall–Kier alpha value is -2.08. The number of hydrogen-bond donors (Lipinski definition) is 2. The standard InChI is InChI=1S/C18H21BrN2O3/c1-12-5-6-14(13(2)10-12)4-3-9-20-17(22)11-21-18(23)15-7-8-16(19)24-15/h5-8,10H,3-4,9,11H2,1-2H3,(H,20,22)(H,21,23). The number of furan rings is 1. The Labute approximate surface area is 149 Å². The predicted molar refractivity (Wildman–Crippen MR) is 96.0 cm³/mol. The lowest BCUT2D eigenvalue weighted by atomic mass is 10.0. The molecule has 2 aromatic rings. The van der Waals surface area contributed by atoms with Crippen molar-refractivity contribution in [3.63, 3.8) is 0 Å². The first kappa shape index (κ1) is 18.3. The monoisotopic (exact) mass is 392 g/mol. The van der Waals surface area contributed by atoms with Crippen LogP contribution in [-0.4, -0.2) is 24.9 Å². The Bertz CT molecular complexity index is 725. The molecule has 2 amide bonds. The molecule has 24 heavy (non-hydrogen) atoms. The number of amides is 2. The van der Waals surface area contributed by atoms with Crippen LogP contribution in [0, 0.1) is 13.8 Å². The van der Waals surface area contributed by atoms with E-state index >= 15 is 0 Å². The number of carbonyl (C=O) groups excluding carboxylic acids is 2. The maximum Gasteiger partial charge on any atom is 0.287 e. The van der Waals surface area contributed by atoms with Crippen LogP contribution in [0.5, 0.6) is 0 Å². The number of hydrogen-bond acceptors (Lipinski definition) is 3. The fourth-order valence-electron chi connectivity index (χ4n) is 2.38. The molecule has 128 valence electrons. The van der Waals surface area contributed by atoms with E-state index in [1.54, 1.807) is 12.1 Å². The highest BCUT2D eigenvalue weighted by molar-refractivity contribution is 9.10. The third-order valence-electron chi connectivity index (χ3n) is 3.65. The third kappa shape index (κ3) is 5.53. The normalized spacial score (nSPS) is 10.5. The van der Waals surface area contributed by atoms with Gasteiger partial charge in [-0.05, 0) is 65.9 Å². The minimum atomic E-state index is -0.411. The highest BCUT2D eigenvalue weighted by Gasteiger charge is 2.11. The molecule has 6 heteroatoms. The van der Waals surface area contributed by atoms with Crippen LogP contribution >= 0.6 is 15.9 Å². The highest BCUT2D eigenvalue weighted by Crippen LogP contribution is 2.13. The van der Waals surface area contributed by atoms with Gasteiger partial charge in [-0.2, -0.15) is 0 Å². The van der Waals surface area contributed by atoms with Gasteiger partial charge in [0.05, 0.1) is 6.54 Å². The van der Waals surface area contributed by atoms with E-state index < -0.39 is 5.91 Å². The van der Waals surface area contributed by atoms with Crippen LogP contribution in [0.1, 0.15) is 33.7 Å². The summed E-state index contributed by atoms with van der Waals surface area (Å²) in [6.07, 6.45) is 1.77. The van der Waals surface area contributed by atoms with Crippen molar-refractivity contribution < 1.29 is 14.0 Å². The first-order chi connectivity index (χ1) is 11.5. The first-order valence-corrected chi connectivity index (χ1v) is 8.61. The second-order valence-electron chi connectivity index (χ2n) is 5.67. The largest absolute Gasteiger partial charge is 0.444 e. The van der Waals surface area contributed by atoms with E-state index in [1.165, 1.54) is 16.7 Å². The van der Waals surface area contributed by atoms with Crippen molar-refractivity contribution in [3.05, 3.63) is 57.5 Å². The van der Waals surface area contributed by atoms with Crippen LogP contribution in [0.15, 0.2) is 39.4 Å². The number of carbonyl (C=O) groups is 2. The summed E-state index contributed by atoms with van der Waals surface area (Å²) >= 11 is 3.12. The van der Waals surface area contributed by atoms with Gasteiger partial charge in [0.2, 0.25) is 5.91 Å². The third-order valence-corrected chi connectivity index (χ3v) is 4.08. The van der Waals surface area contributed by atoms with Gasteiger partial charge in [-0.25, -0.2) is 0 Å². The quantitative estimate of drug-likeness (QED) is 0.710. The molecule has 0 aliphatic rings. The topological polar surface area (TPSA) is 71.3 Å². The fraction of sp³-hybridized carbons (Fsp3) is 0.333. The van der Waals surface area contributed by atoms with E-state index in [2.05, 4.69) is 58.6 Å². The van der Waals surface area contributed by atoms with Crippen molar-refractivity contribution >= 4 is 27.7 Å².